The van der Waals surface area contributed by atoms with Crippen molar-refractivity contribution in [2.24, 2.45) is 0 Å². The number of ether oxygens (including phenoxy) is 1. The van der Waals surface area contributed by atoms with Gasteiger partial charge in [-0.15, -0.1) is 10.2 Å². The zero-order valence-corrected chi connectivity index (χ0v) is 8.04. The summed E-state index contributed by atoms with van der Waals surface area (Å²) in [6, 6.07) is 0. The minimum Gasteiger partial charge on any atom is -0.423 e. The minimum absolute atomic E-state index is 0.397. The van der Waals surface area contributed by atoms with Crippen molar-refractivity contribution in [1.82, 2.24) is 15.5 Å². The molecule has 0 bridgehead atoms. The zero-order valence-electron chi connectivity index (χ0n) is 8.04. The van der Waals surface area contributed by atoms with Gasteiger partial charge in [-0.25, -0.2) is 0 Å². The minimum atomic E-state index is 0.397. The molecule has 0 aliphatic rings. The summed E-state index contributed by atoms with van der Waals surface area (Å²) in [5.74, 6) is 1.21. The van der Waals surface area contributed by atoms with Crippen LogP contribution >= 0.6 is 0 Å². The fourth-order valence-corrected chi connectivity index (χ4v) is 0.823. The van der Waals surface area contributed by atoms with Crippen LogP contribution < -0.4 is 5.32 Å². The van der Waals surface area contributed by atoms with Crippen molar-refractivity contribution in [3.63, 3.8) is 0 Å². The SMILES string of the molecule is CCc1nnc(COCCNC)o1. The van der Waals surface area contributed by atoms with Crippen molar-refractivity contribution in [1.29, 1.82) is 0 Å². The fraction of sp³-hybridized carbons (Fsp3) is 0.750. The lowest BCUT2D eigenvalue weighted by Gasteiger charge is -1.98. The number of hydrogen-bond acceptors (Lipinski definition) is 5. The van der Waals surface area contributed by atoms with Crippen LogP contribution in [0, 0.1) is 0 Å². The van der Waals surface area contributed by atoms with E-state index in [4.69, 9.17) is 9.15 Å². The number of aryl methyl sites for hydroxylation is 1. The summed E-state index contributed by atoms with van der Waals surface area (Å²) in [4.78, 5) is 0. The number of hydrogen-bond donors (Lipinski definition) is 1. The van der Waals surface area contributed by atoms with Crippen molar-refractivity contribution in [2.75, 3.05) is 20.2 Å². The van der Waals surface area contributed by atoms with Gasteiger partial charge in [0.15, 0.2) is 0 Å². The third-order valence-corrected chi connectivity index (χ3v) is 1.53. The van der Waals surface area contributed by atoms with E-state index in [1.54, 1.807) is 0 Å². The average Bonchev–Trinajstić information content (AvgIpc) is 2.60. The molecule has 0 amide bonds. The molecule has 1 heterocycles. The molecule has 1 N–H and O–H groups in total. The maximum Gasteiger partial charge on any atom is 0.242 e. The zero-order chi connectivity index (χ0) is 9.52. The number of aromatic nitrogens is 2. The third kappa shape index (κ3) is 3.52. The third-order valence-electron chi connectivity index (χ3n) is 1.53. The van der Waals surface area contributed by atoms with Crippen molar-refractivity contribution >= 4 is 0 Å². The summed E-state index contributed by atoms with van der Waals surface area (Å²) in [5.41, 5.74) is 0. The van der Waals surface area contributed by atoms with Gasteiger partial charge in [0, 0.05) is 13.0 Å². The Morgan fingerprint density at radius 2 is 2.15 bits per heavy atom. The molecule has 0 aliphatic heterocycles. The Labute approximate surface area is 77.5 Å². The van der Waals surface area contributed by atoms with E-state index in [-0.39, 0.29) is 0 Å². The molecule has 0 aromatic carbocycles. The van der Waals surface area contributed by atoms with E-state index in [0.717, 1.165) is 13.0 Å². The highest BCUT2D eigenvalue weighted by Crippen LogP contribution is 2.01. The first kappa shape index (κ1) is 10.1. The van der Waals surface area contributed by atoms with Crippen LogP contribution in [0.15, 0.2) is 4.42 Å². The summed E-state index contributed by atoms with van der Waals surface area (Å²) < 4.78 is 10.5. The maximum atomic E-state index is 5.26. The van der Waals surface area contributed by atoms with Gasteiger partial charge in [0.25, 0.3) is 0 Å². The number of nitrogens with zero attached hydrogens (tertiary/aromatic N) is 2. The molecule has 5 heteroatoms. The van der Waals surface area contributed by atoms with Gasteiger partial charge in [-0.2, -0.15) is 0 Å². The molecule has 0 unspecified atom stereocenters. The summed E-state index contributed by atoms with van der Waals surface area (Å²) in [6.45, 7) is 3.85. The Kier molecular flexibility index (Phi) is 4.42. The molecule has 1 aromatic heterocycles. The highest BCUT2D eigenvalue weighted by molar-refractivity contribution is 4.78. The molecular weight excluding hydrogens is 170 g/mol. The smallest absolute Gasteiger partial charge is 0.242 e. The largest absolute Gasteiger partial charge is 0.423 e. The topological polar surface area (TPSA) is 60.2 Å². The second-order valence-corrected chi connectivity index (χ2v) is 2.60. The average molecular weight is 185 g/mol. The standard InChI is InChI=1S/C8H15N3O2/c1-3-7-10-11-8(13-7)6-12-5-4-9-2/h9H,3-6H2,1-2H3. The van der Waals surface area contributed by atoms with Gasteiger partial charge in [0.1, 0.15) is 6.61 Å². The first-order valence-corrected chi connectivity index (χ1v) is 4.40. The van der Waals surface area contributed by atoms with E-state index in [0.29, 0.717) is 25.0 Å². The Bertz CT molecular complexity index is 237. The predicted octanol–water partition coefficient (Wildman–Crippen LogP) is 0.368. The van der Waals surface area contributed by atoms with Crippen molar-refractivity contribution in [3.05, 3.63) is 11.8 Å². The molecule has 5 nitrogen and oxygen atoms in total. The molecule has 0 saturated carbocycles. The van der Waals surface area contributed by atoms with Gasteiger partial charge >= 0.3 is 0 Å². The molecule has 0 aliphatic carbocycles. The van der Waals surface area contributed by atoms with Gasteiger partial charge in [-0.3, -0.25) is 0 Å². The molecule has 74 valence electrons. The molecule has 0 fully saturated rings. The molecule has 0 saturated heterocycles. The molecule has 13 heavy (non-hydrogen) atoms. The van der Waals surface area contributed by atoms with Gasteiger partial charge in [-0.1, -0.05) is 6.92 Å². The quantitative estimate of drug-likeness (QED) is 0.649. The summed E-state index contributed by atoms with van der Waals surface area (Å²) in [6.07, 6.45) is 0.767. The lowest BCUT2D eigenvalue weighted by molar-refractivity contribution is 0.105. The van der Waals surface area contributed by atoms with Crippen LogP contribution in [0.1, 0.15) is 18.7 Å². The van der Waals surface area contributed by atoms with Crippen LogP contribution in [-0.2, 0) is 17.8 Å². The second-order valence-electron chi connectivity index (χ2n) is 2.60. The molecule has 1 rings (SSSR count). The van der Waals surface area contributed by atoms with Crippen LogP contribution in [-0.4, -0.2) is 30.4 Å². The van der Waals surface area contributed by atoms with Crippen LogP contribution in [0.4, 0.5) is 0 Å². The van der Waals surface area contributed by atoms with E-state index in [1.165, 1.54) is 0 Å². The van der Waals surface area contributed by atoms with Crippen LogP contribution in [0.2, 0.25) is 0 Å². The summed E-state index contributed by atoms with van der Waals surface area (Å²) in [5, 5.41) is 10.6. The summed E-state index contributed by atoms with van der Waals surface area (Å²) in [7, 11) is 1.88. The highest BCUT2D eigenvalue weighted by atomic mass is 16.5. The molecule has 1 aromatic rings. The maximum absolute atomic E-state index is 5.26. The molecule has 0 radical (unpaired) electrons. The fourth-order valence-electron chi connectivity index (χ4n) is 0.823. The Morgan fingerprint density at radius 3 is 2.77 bits per heavy atom. The lowest BCUT2D eigenvalue weighted by atomic mass is 10.5. The predicted molar refractivity (Wildman–Crippen MR) is 47.3 cm³/mol. The normalized spacial score (nSPS) is 10.6. The van der Waals surface area contributed by atoms with Gasteiger partial charge < -0.3 is 14.5 Å². The first-order chi connectivity index (χ1) is 6.36. The molecule has 0 spiro atoms. The molecule has 0 atom stereocenters. The molecular formula is C8H15N3O2. The highest BCUT2D eigenvalue weighted by Gasteiger charge is 2.02. The van der Waals surface area contributed by atoms with Crippen molar-refractivity contribution in [2.45, 2.75) is 20.0 Å². The Hall–Kier alpha value is -0.940. The number of nitrogens with one attached hydrogen (secondary N) is 1. The summed E-state index contributed by atoms with van der Waals surface area (Å²) >= 11 is 0. The first-order valence-electron chi connectivity index (χ1n) is 4.40. The van der Waals surface area contributed by atoms with E-state index >= 15 is 0 Å². The van der Waals surface area contributed by atoms with E-state index in [2.05, 4.69) is 15.5 Å². The lowest BCUT2D eigenvalue weighted by Crippen LogP contribution is -2.14. The number of likely N-dealkylation sites (N-methyl/N-ethyl adjacent to an activating group) is 1. The van der Waals surface area contributed by atoms with Crippen LogP contribution in [0.5, 0.6) is 0 Å². The van der Waals surface area contributed by atoms with E-state index in [1.807, 2.05) is 14.0 Å². The monoisotopic (exact) mass is 185 g/mol. The van der Waals surface area contributed by atoms with Gasteiger partial charge in [0.2, 0.25) is 11.8 Å². The van der Waals surface area contributed by atoms with Crippen molar-refractivity contribution in [3.8, 4) is 0 Å². The number of rotatable bonds is 6. The second kappa shape index (κ2) is 5.66. The Balaban J connectivity index is 2.20. The van der Waals surface area contributed by atoms with Gasteiger partial charge in [0.05, 0.1) is 6.61 Å². The van der Waals surface area contributed by atoms with Crippen LogP contribution in [0.3, 0.4) is 0 Å². The Morgan fingerprint density at radius 1 is 1.38 bits per heavy atom. The van der Waals surface area contributed by atoms with Crippen molar-refractivity contribution < 1.29 is 9.15 Å². The van der Waals surface area contributed by atoms with Crippen LogP contribution in [0.25, 0.3) is 0 Å². The van der Waals surface area contributed by atoms with E-state index in [9.17, 15) is 0 Å². The van der Waals surface area contributed by atoms with Gasteiger partial charge in [-0.05, 0) is 7.05 Å². The van der Waals surface area contributed by atoms with E-state index < -0.39 is 0 Å².